The molecule has 0 spiro atoms. The molecule has 3 rings (SSSR count). The quantitative estimate of drug-likeness (QED) is 0.868. The van der Waals surface area contributed by atoms with Gasteiger partial charge in [-0.1, -0.05) is 18.2 Å². The van der Waals surface area contributed by atoms with Crippen molar-refractivity contribution in [2.75, 3.05) is 7.11 Å². The second kappa shape index (κ2) is 5.39. The molecule has 0 radical (unpaired) electrons. The van der Waals surface area contributed by atoms with E-state index in [2.05, 4.69) is 0 Å². The monoisotopic (exact) mass is 289 g/mol. The van der Waals surface area contributed by atoms with E-state index in [4.69, 9.17) is 9.84 Å². The van der Waals surface area contributed by atoms with Crippen molar-refractivity contribution in [2.45, 2.75) is 31.8 Å². The largest absolute Gasteiger partial charge is 0.496 e. The van der Waals surface area contributed by atoms with E-state index in [1.807, 2.05) is 29.2 Å². The Hall–Kier alpha value is -2.04. The van der Waals surface area contributed by atoms with Gasteiger partial charge in [-0.3, -0.25) is 9.59 Å². The van der Waals surface area contributed by atoms with Crippen molar-refractivity contribution < 1.29 is 19.4 Å². The second-order valence-electron chi connectivity index (χ2n) is 5.80. The third-order valence-corrected chi connectivity index (χ3v) is 4.23. The third kappa shape index (κ3) is 2.86. The molecule has 0 saturated heterocycles. The van der Waals surface area contributed by atoms with Gasteiger partial charge in [-0.2, -0.15) is 0 Å². The van der Waals surface area contributed by atoms with Crippen LogP contribution in [0.25, 0.3) is 0 Å². The number of para-hydroxylation sites is 1. The van der Waals surface area contributed by atoms with Gasteiger partial charge < -0.3 is 14.7 Å². The molecule has 1 aromatic carbocycles. The highest BCUT2D eigenvalue weighted by atomic mass is 16.5. The van der Waals surface area contributed by atoms with E-state index in [0.717, 1.165) is 24.2 Å². The van der Waals surface area contributed by atoms with Crippen LogP contribution in [0.4, 0.5) is 0 Å². The molecule has 0 aromatic heterocycles. The van der Waals surface area contributed by atoms with E-state index >= 15 is 0 Å². The highest BCUT2D eigenvalue weighted by Gasteiger charge is 2.51. The maximum Gasteiger partial charge on any atom is 0.307 e. The first kappa shape index (κ1) is 13.9. The van der Waals surface area contributed by atoms with Crippen LogP contribution in [-0.2, 0) is 16.1 Å². The molecular formula is C16H19NO4. The molecular weight excluding hydrogens is 270 g/mol. The lowest BCUT2D eigenvalue weighted by molar-refractivity contribution is -0.142. The minimum atomic E-state index is -0.860. The van der Waals surface area contributed by atoms with Gasteiger partial charge in [0.1, 0.15) is 5.75 Å². The Morgan fingerprint density at radius 2 is 2.00 bits per heavy atom. The Balaban J connectivity index is 1.74. The van der Waals surface area contributed by atoms with Crippen LogP contribution in [0, 0.1) is 11.8 Å². The molecule has 112 valence electrons. The van der Waals surface area contributed by atoms with Crippen LogP contribution >= 0.6 is 0 Å². The van der Waals surface area contributed by atoms with Gasteiger partial charge in [0, 0.05) is 18.2 Å². The van der Waals surface area contributed by atoms with Crippen LogP contribution in [0.15, 0.2) is 24.3 Å². The van der Waals surface area contributed by atoms with Crippen molar-refractivity contribution in [3.63, 3.8) is 0 Å². The van der Waals surface area contributed by atoms with Gasteiger partial charge in [0.25, 0.3) is 0 Å². The summed E-state index contributed by atoms with van der Waals surface area (Å²) in [6.45, 7) is 0.496. The molecule has 5 heteroatoms. The number of carbonyl (C=O) groups excluding carboxylic acids is 1. The van der Waals surface area contributed by atoms with Crippen molar-refractivity contribution in [3.05, 3.63) is 29.8 Å². The second-order valence-corrected chi connectivity index (χ2v) is 5.80. The number of hydrogen-bond acceptors (Lipinski definition) is 3. The number of benzene rings is 1. The normalized spacial score (nSPS) is 23.5. The molecule has 0 bridgehead atoms. The van der Waals surface area contributed by atoms with Crippen LogP contribution in [0.3, 0.4) is 0 Å². The molecule has 2 aliphatic carbocycles. The molecule has 2 fully saturated rings. The van der Waals surface area contributed by atoms with Gasteiger partial charge in [0.05, 0.1) is 18.9 Å². The number of amides is 1. The number of carboxylic acids is 1. The van der Waals surface area contributed by atoms with E-state index in [9.17, 15) is 9.59 Å². The van der Waals surface area contributed by atoms with Crippen molar-refractivity contribution in [2.24, 2.45) is 11.8 Å². The molecule has 2 atom stereocenters. The lowest BCUT2D eigenvalue weighted by Gasteiger charge is -2.23. The summed E-state index contributed by atoms with van der Waals surface area (Å²) in [6, 6.07) is 7.90. The molecule has 21 heavy (non-hydrogen) atoms. The summed E-state index contributed by atoms with van der Waals surface area (Å²) in [6.07, 6.45) is 2.49. The summed E-state index contributed by atoms with van der Waals surface area (Å²) >= 11 is 0. The van der Waals surface area contributed by atoms with Gasteiger partial charge >= 0.3 is 5.97 Å². The molecule has 1 amide bonds. The van der Waals surface area contributed by atoms with Crippen LogP contribution in [0.1, 0.15) is 24.8 Å². The first-order chi connectivity index (χ1) is 10.1. The fraction of sp³-hybridized carbons (Fsp3) is 0.500. The van der Waals surface area contributed by atoms with Crippen LogP contribution in [0.2, 0.25) is 0 Å². The van der Waals surface area contributed by atoms with Crippen molar-refractivity contribution in [1.29, 1.82) is 0 Å². The van der Waals surface area contributed by atoms with Gasteiger partial charge in [-0.25, -0.2) is 0 Å². The van der Waals surface area contributed by atoms with Gasteiger partial charge in [-0.15, -0.1) is 0 Å². The topological polar surface area (TPSA) is 66.8 Å². The maximum absolute atomic E-state index is 12.5. The Morgan fingerprint density at radius 1 is 1.29 bits per heavy atom. The first-order valence-corrected chi connectivity index (χ1v) is 7.27. The van der Waals surface area contributed by atoms with Gasteiger partial charge in [0.15, 0.2) is 0 Å². The Labute approximate surface area is 123 Å². The Kier molecular flexibility index (Phi) is 3.57. The lowest BCUT2D eigenvalue weighted by Crippen LogP contribution is -2.34. The number of carboxylic acid groups (broad SMARTS) is 1. The molecule has 5 nitrogen and oxygen atoms in total. The summed E-state index contributed by atoms with van der Waals surface area (Å²) in [4.78, 5) is 25.3. The van der Waals surface area contributed by atoms with Crippen LogP contribution in [-0.4, -0.2) is 35.0 Å². The standard InChI is InChI=1S/C16H19NO4/c1-21-14-5-3-2-4-10(14)9-17(11-6-7-11)15(18)12-8-13(12)16(19)20/h2-5,11-13H,6-9H2,1H3,(H,19,20). The lowest BCUT2D eigenvalue weighted by atomic mass is 10.1. The fourth-order valence-corrected chi connectivity index (χ4v) is 2.74. The summed E-state index contributed by atoms with van der Waals surface area (Å²) in [5.41, 5.74) is 0.966. The summed E-state index contributed by atoms with van der Waals surface area (Å²) in [7, 11) is 1.61. The van der Waals surface area contributed by atoms with Crippen molar-refractivity contribution in [3.8, 4) is 5.75 Å². The van der Waals surface area contributed by atoms with E-state index in [1.165, 1.54) is 0 Å². The minimum Gasteiger partial charge on any atom is -0.496 e. The van der Waals surface area contributed by atoms with E-state index in [-0.39, 0.29) is 17.9 Å². The van der Waals surface area contributed by atoms with Gasteiger partial charge in [-0.05, 0) is 25.3 Å². The summed E-state index contributed by atoms with van der Waals surface area (Å²) in [5.74, 6) is -0.937. The zero-order valence-electron chi connectivity index (χ0n) is 12.0. The molecule has 0 heterocycles. The molecule has 2 saturated carbocycles. The number of rotatable bonds is 6. The predicted molar refractivity (Wildman–Crippen MR) is 75.8 cm³/mol. The molecule has 1 N–H and O–H groups in total. The zero-order chi connectivity index (χ0) is 15.0. The van der Waals surface area contributed by atoms with E-state index < -0.39 is 11.9 Å². The van der Waals surface area contributed by atoms with E-state index in [1.54, 1.807) is 7.11 Å². The van der Waals surface area contributed by atoms with Crippen molar-refractivity contribution >= 4 is 11.9 Å². The highest BCUT2D eigenvalue weighted by Crippen LogP contribution is 2.43. The SMILES string of the molecule is COc1ccccc1CN(C(=O)C1CC1C(=O)O)C1CC1. The molecule has 1 aromatic rings. The number of nitrogens with zero attached hydrogens (tertiary/aromatic N) is 1. The van der Waals surface area contributed by atoms with Crippen LogP contribution < -0.4 is 4.74 Å². The molecule has 0 aliphatic heterocycles. The average Bonchev–Trinajstić information content (AvgIpc) is 3.37. The minimum absolute atomic E-state index is 0.0178. The fourth-order valence-electron chi connectivity index (χ4n) is 2.74. The number of methoxy groups -OCH3 is 1. The smallest absolute Gasteiger partial charge is 0.307 e. The Morgan fingerprint density at radius 3 is 2.57 bits per heavy atom. The molecule has 2 aliphatic rings. The van der Waals surface area contributed by atoms with Gasteiger partial charge in [0.2, 0.25) is 5.91 Å². The molecule has 2 unspecified atom stereocenters. The zero-order valence-corrected chi connectivity index (χ0v) is 12.0. The number of ether oxygens (including phenoxy) is 1. The van der Waals surface area contributed by atoms with Crippen molar-refractivity contribution in [1.82, 2.24) is 4.90 Å². The first-order valence-electron chi connectivity index (χ1n) is 7.27. The summed E-state index contributed by atoms with van der Waals surface area (Å²) in [5, 5.41) is 8.99. The predicted octanol–water partition coefficient (Wildman–Crippen LogP) is 1.91. The summed E-state index contributed by atoms with van der Waals surface area (Å²) < 4.78 is 5.33. The third-order valence-electron chi connectivity index (χ3n) is 4.23. The number of hydrogen-bond donors (Lipinski definition) is 1. The highest BCUT2D eigenvalue weighted by molar-refractivity contribution is 5.89. The number of carbonyl (C=O) groups is 2. The Bertz CT molecular complexity index is 567. The maximum atomic E-state index is 12.5. The van der Waals surface area contributed by atoms with Crippen LogP contribution in [0.5, 0.6) is 5.75 Å². The number of aliphatic carboxylic acids is 1. The average molecular weight is 289 g/mol. The van der Waals surface area contributed by atoms with E-state index in [0.29, 0.717) is 13.0 Å².